The molecule has 1 unspecified atom stereocenters. The van der Waals surface area contributed by atoms with Crippen LogP contribution < -0.4 is 11.3 Å². The highest BCUT2D eigenvalue weighted by atomic mass is 35.5. The van der Waals surface area contributed by atoms with Crippen LogP contribution in [0.1, 0.15) is 17.2 Å². The molecule has 0 aliphatic heterocycles. The minimum atomic E-state index is -0.345. The van der Waals surface area contributed by atoms with E-state index in [1.807, 2.05) is 6.07 Å². The minimum Gasteiger partial charge on any atom is -0.271 e. The minimum absolute atomic E-state index is 0.345. The van der Waals surface area contributed by atoms with Crippen molar-refractivity contribution in [3.8, 4) is 0 Å². The van der Waals surface area contributed by atoms with E-state index in [1.54, 1.807) is 30.3 Å². The van der Waals surface area contributed by atoms with Crippen LogP contribution in [0.4, 0.5) is 0 Å². The Morgan fingerprint density at radius 1 is 0.947 bits per heavy atom. The van der Waals surface area contributed by atoms with Crippen molar-refractivity contribution in [2.45, 2.75) is 6.04 Å². The number of nitrogens with one attached hydrogen (secondary N) is 1. The van der Waals surface area contributed by atoms with Gasteiger partial charge in [0.2, 0.25) is 0 Å². The van der Waals surface area contributed by atoms with Gasteiger partial charge in [-0.1, -0.05) is 58.5 Å². The third kappa shape index (κ3) is 3.34. The van der Waals surface area contributed by atoms with Gasteiger partial charge in [-0.3, -0.25) is 5.84 Å². The second kappa shape index (κ2) is 6.31. The van der Waals surface area contributed by atoms with E-state index in [0.29, 0.717) is 20.1 Å². The van der Waals surface area contributed by atoms with Crippen LogP contribution in [-0.4, -0.2) is 0 Å². The Labute approximate surface area is 131 Å². The van der Waals surface area contributed by atoms with Gasteiger partial charge in [-0.2, -0.15) is 0 Å². The third-order valence-electron chi connectivity index (χ3n) is 2.68. The summed E-state index contributed by atoms with van der Waals surface area (Å²) in [6.45, 7) is 0. The predicted octanol–water partition coefficient (Wildman–Crippen LogP) is 4.85. The fourth-order valence-electron chi connectivity index (χ4n) is 1.85. The highest BCUT2D eigenvalue weighted by Gasteiger charge is 2.18. The molecule has 0 aliphatic rings. The number of hydrogen-bond donors (Lipinski definition) is 2. The van der Waals surface area contributed by atoms with Gasteiger partial charge in [-0.25, -0.2) is 5.43 Å². The van der Waals surface area contributed by atoms with Crippen LogP contribution in [0.2, 0.25) is 20.1 Å². The molecular formula is C13H10Cl4N2. The van der Waals surface area contributed by atoms with E-state index >= 15 is 0 Å². The van der Waals surface area contributed by atoms with Gasteiger partial charge in [0, 0.05) is 10.0 Å². The molecule has 0 saturated carbocycles. The first-order valence-corrected chi connectivity index (χ1v) is 6.90. The molecule has 0 spiro atoms. The highest BCUT2D eigenvalue weighted by Crippen LogP contribution is 2.34. The zero-order valence-corrected chi connectivity index (χ0v) is 12.7. The molecule has 0 fully saturated rings. The fourth-order valence-corrected chi connectivity index (χ4v) is 2.81. The molecule has 6 heteroatoms. The molecule has 2 rings (SSSR count). The van der Waals surface area contributed by atoms with Crippen LogP contribution in [0.25, 0.3) is 0 Å². The summed E-state index contributed by atoms with van der Waals surface area (Å²) in [6.07, 6.45) is 0. The molecule has 2 aromatic carbocycles. The summed E-state index contributed by atoms with van der Waals surface area (Å²) in [7, 11) is 0. The molecule has 0 heterocycles. The Bertz CT molecular complexity index is 581. The molecule has 19 heavy (non-hydrogen) atoms. The van der Waals surface area contributed by atoms with Gasteiger partial charge < -0.3 is 0 Å². The molecular weight excluding hydrogens is 326 g/mol. The summed E-state index contributed by atoms with van der Waals surface area (Å²) in [6, 6.07) is 10.2. The first-order chi connectivity index (χ1) is 9.02. The lowest BCUT2D eigenvalue weighted by Crippen LogP contribution is -2.29. The van der Waals surface area contributed by atoms with E-state index in [0.717, 1.165) is 11.1 Å². The van der Waals surface area contributed by atoms with Crippen LogP contribution >= 0.6 is 46.4 Å². The maximum Gasteiger partial charge on any atom is 0.0726 e. The van der Waals surface area contributed by atoms with E-state index in [4.69, 9.17) is 52.2 Å². The summed E-state index contributed by atoms with van der Waals surface area (Å²) in [5, 5.41) is 1.97. The van der Waals surface area contributed by atoms with Gasteiger partial charge in [0.05, 0.1) is 16.1 Å². The van der Waals surface area contributed by atoms with Crippen molar-refractivity contribution in [2.24, 2.45) is 5.84 Å². The molecule has 0 aliphatic carbocycles. The third-order valence-corrected chi connectivity index (χ3v) is 3.95. The SMILES string of the molecule is NNC(c1cc(Cl)cc(Cl)c1)c1cccc(Cl)c1Cl. The monoisotopic (exact) mass is 334 g/mol. The second-order valence-electron chi connectivity index (χ2n) is 3.95. The first kappa shape index (κ1) is 14.9. The Balaban J connectivity index is 2.53. The smallest absolute Gasteiger partial charge is 0.0726 e. The molecule has 2 nitrogen and oxygen atoms in total. The average molecular weight is 336 g/mol. The van der Waals surface area contributed by atoms with Crippen LogP contribution in [-0.2, 0) is 0 Å². The molecule has 1 atom stereocenters. The van der Waals surface area contributed by atoms with Crippen molar-refractivity contribution in [2.75, 3.05) is 0 Å². The standard InChI is InChI=1S/C13H10Cl4N2/c14-8-4-7(5-9(15)6-8)13(19-18)10-2-1-3-11(16)12(10)17/h1-6,13,19H,18H2. The Kier molecular flexibility index (Phi) is 4.96. The van der Waals surface area contributed by atoms with Crippen molar-refractivity contribution >= 4 is 46.4 Å². The van der Waals surface area contributed by atoms with Crippen molar-refractivity contribution < 1.29 is 0 Å². The quantitative estimate of drug-likeness (QED) is 0.621. The van der Waals surface area contributed by atoms with Crippen molar-refractivity contribution in [1.82, 2.24) is 5.43 Å². The zero-order chi connectivity index (χ0) is 14.0. The van der Waals surface area contributed by atoms with Gasteiger partial charge in [-0.05, 0) is 35.4 Å². The average Bonchev–Trinajstić information content (AvgIpc) is 2.34. The number of nitrogens with two attached hydrogens (primary N) is 1. The van der Waals surface area contributed by atoms with E-state index in [-0.39, 0.29) is 6.04 Å². The Morgan fingerprint density at radius 2 is 1.58 bits per heavy atom. The summed E-state index contributed by atoms with van der Waals surface area (Å²) in [5.74, 6) is 5.62. The highest BCUT2D eigenvalue weighted by molar-refractivity contribution is 6.42. The summed E-state index contributed by atoms with van der Waals surface area (Å²) >= 11 is 24.2. The van der Waals surface area contributed by atoms with Crippen LogP contribution in [0, 0.1) is 0 Å². The Morgan fingerprint density at radius 3 is 2.16 bits per heavy atom. The van der Waals surface area contributed by atoms with E-state index < -0.39 is 0 Å². The topological polar surface area (TPSA) is 38.0 Å². The van der Waals surface area contributed by atoms with Crippen molar-refractivity contribution in [3.63, 3.8) is 0 Å². The van der Waals surface area contributed by atoms with Gasteiger partial charge in [-0.15, -0.1) is 0 Å². The zero-order valence-electron chi connectivity index (χ0n) is 9.63. The molecule has 3 N–H and O–H groups in total. The Hall–Kier alpha value is -0.480. The van der Waals surface area contributed by atoms with Crippen molar-refractivity contribution in [1.29, 1.82) is 0 Å². The molecule has 0 bridgehead atoms. The lowest BCUT2D eigenvalue weighted by Gasteiger charge is -2.19. The fraction of sp³-hybridized carbons (Fsp3) is 0.0769. The summed E-state index contributed by atoms with van der Waals surface area (Å²) in [4.78, 5) is 0. The number of rotatable bonds is 3. The van der Waals surface area contributed by atoms with Crippen LogP contribution in [0.5, 0.6) is 0 Å². The largest absolute Gasteiger partial charge is 0.271 e. The number of benzene rings is 2. The van der Waals surface area contributed by atoms with Crippen LogP contribution in [0.15, 0.2) is 36.4 Å². The lowest BCUT2D eigenvalue weighted by atomic mass is 9.99. The molecule has 0 amide bonds. The predicted molar refractivity (Wildman–Crippen MR) is 82.1 cm³/mol. The summed E-state index contributed by atoms with van der Waals surface area (Å²) < 4.78 is 0. The van der Waals surface area contributed by atoms with Gasteiger partial charge in [0.15, 0.2) is 0 Å². The van der Waals surface area contributed by atoms with Gasteiger partial charge >= 0.3 is 0 Å². The number of halogens is 4. The van der Waals surface area contributed by atoms with Gasteiger partial charge in [0.1, 0.15) is 0 Å². The van der Waals surface area contributed by atoms with Crippen molar-refractivity contribution in [3.05, 3.63) is 67.6 Å². The normalized spacial score (nSPS) is 12.5. The molecule has 100 valence electrons. The van der Waals surface area contributed by atoms with E-state index in [1.165, 1.54) is 0 Å². The lowest BCUT2D eigenvalue weighted by molar-refractivity contribution is 0.637. The van der Waals surface area contributed by atoms with Gasteiger partial charge in [0.25, 0.3) is 0 Å². The summed E-state index contributed by atoms with van der Waals surface area (Å²) in [5.41, 5.74) is 4.27. The second-order valence-corrected chi connectivity index (χ2v) is 5.60. The number of hydrogen-bond acceptors (Lipinski definition) is 2. The molecule has 0 radical (unpaired) electrons. The van der Waals surface area contributed by atoms with E-state index in [2.05, 4.69) is 5.43 Å². The first-order valence-electron chi connectivity index (χ1n) is 5.39. The maximum atomic E-state index is 6.20. The maximum absolute atomic E-state index is 6.20. The molecule has 2 aromatic rings. The molecule has 0 aromatic heterocycles. The molecule has 0 saturated heterocycles. The van der Waals surface area contributed by atoms with Crippen LogP contribution in [0.3, 0.4) is 0 Å². The number of hydrazine groups is 1. The van der Waals surface area contributed by atoms with E-state index in [9.17, 15) is 0 Å².